The minimum atomic E-state index is -0.494. The molecule has 0 saturated carbocycles. The number of hydrogen-bond acceptors (Lipinski definition) is 2. The van der Waals surface area contributed by atoms with Gasteiger partial charge in [0, 0.05) is 10.0 Å². The van der Waals surface area contributed by atoms with Gasteiger partial charge in [0.2, 0.25) is 0 Å². The van der Waals surface area contributed by atoms with E-state index in [-0.39, 0.29) is 5.02 Å². The van der Waals surface area contributed by atoms with E-state index in [0.717, 1.165) is 11.1 Å². The first kappa shape index (κ1) is 13.6. The lowest BCUT2D eigenvalue weighted by atomic mass is 10.0. The van der Waals surface area contributed by atoms with Gasteiger partial charge < -0.3 is 0 Å². The molecule has 0 aliphatic carbocycles. The second-order valence-electron chi connectivity index (χ2n) is 3.87. The van der Waals surface area contributed by atoms with Gasteiger partial charge in [-0.3, -0.25) is 5.10 Å². The zero-order valence-corrected chi connectivity index (χ0v) is 12.8. The second kappa shape index (κ2) is 5.07. The number of aromatic nitrogens is 2. The quantitative estimate of drug-likeness (QED) is 0.582. The summed E-state index contributed by atoms with van der Waals surface area (Å²) in [5.41, 5.74) is 2.60. The SMILES string of the molecule is Cc1c(-c2ccc(Br)c(Cl)c2F)n[nH]c(=S)c1C. The summed E-state index contributed by atoms with van der Waals surface area (Å²) in [4.78, 5) is 0. The van der Waals surface area contributed by atoms with Crippen LogP contribution < -0.4 is 0 Å². The summed E-state index contributed by atoms with van der Waals surface area (Å²) in [5.74, 6) is -0.494. The fourth-order valence-corrected chi connectivity index (χ4v) is 2.26. The molecule has 2 nitrogen and oxygen atoms in total. The standard InChI is InChI=1S/C12H9BrClFN2S/c1-5-6(2)12(18)17-16-11(5)7-3-4-8(13)9(14)10(7)15/h3-4H,1-2H3,(H,17,18). The smallest absolute Gasteiger partial charge is 0.152 e. The van der Waals surface area contributed by atoms with Crippen molar-refractivity contribution < 1.29 is 4.39 Å². The highest BCUT2D eigenvalue weighted by molar-refractivity contribution is 9.10. The van der Waals surface area contributed by atoms with Crippen LogP contribution in [0.2, 0.25) is 5.02 Å². The van der Waals surface area contributed by atoms with Crippen molar-refractivity contribution in [2.45, 2.75) is 13.8 Å². The minimum Gasteiger partial charge on any atom is -0.267 e. The monoisotopic (exact) mass is 346 g/mol. The third-order valence-corrected chi connectivity index (χ3v) is 4.47. The van der Waals surface area contributed by atoms with Crippen LogP contribution in [0, 0.1) is 24.3 Å². The van der Waals surface area contributed by atoms with Gasteiger partial charge >= 0.3 is 0 Å². The molecular formula is C12H9BrClFN2S. The van der Waals surface area contributed by atoms with E-state index in [9.17, 15) is 4.39 Å². The van der Waals surface area contributed by atoms with Gasteiger partial charge in [-0.1, -0.05) is 23.8 Å². The summed E-state index contributed by atoms with van der Waals surface area (Å²) in [6.07, 6.45) is 0. The Morgan fingerprint density at radius 3 is 2.67 bits per heavy atom. The maximum atomic E-state index is 14.1. The molecular weight excluding hydrogens is 339 g/mol. The largest absolute Gasteiger partial charge is 0.267 e. The van der Waals surface area contributed by atoms with Gasteiger partial charge in [-0.25, -0.2) is 4.39 Å². The number of halogens is 3. The number of nitrogens with one attached hydrogen (secondary N) is 1. The maximum absolute atomic E-state index is 14.1. The molecule has 0 radical (unpaired) electrons. The Bertz CT molecular complexity index is 685. The number of aromatic amines is 1. The van der Waals surface area contributed by atoms with E-state index in [1.165, 1.54) is 0 Å². The molecule has 0 aliphatic rings. The number of H-pyrrole nitrogens is 1. The first-order valence-electron chi connectivity index (χ1n) is 5.13. The zero-order chi connectivity index (χ0) is 13.4. The lowest BCUT2D eigenvalue weighted by Crippen LogP contribution is -1.98. The summed E-state index contributed by atoms with van der Waals surface area (Å²) in [6, 6.07) is 3.33. The molecule has 18 heavy (non-hydrogen) atoms. The molecule has 1 heterocycles. The fraction of sp³-hybridized carbons (Fsp3) is 0.167. The highest BCUT2D eigenvalue weighted by Crippen LogP contribution is 2.33. The Morgan fingerprint density at radius 1 is 1.33 bits per heavy atom. The van der Waals surface area contributed by atoms with Crippen LogP contribution in [0.1, 0.15) is 11.1 Å². The van der Waals surface area contributed by atoms with E-state index in [4.69, 9.17) is 23.8 Å². The van der Waals surface area contributed by atoms with Crippen molar-refractivity contribution in [3.8, 4) is 11.3 Å². The van der Waals surface area contributed by atoms with Gasteiger partial charge in [0.1, 0.15) is 4.64 Å². The van der Waals surface area contributed by atoms with Crippen LogP contribution in [0.3, 0.4) is 0 Å². The van der Waals surface area contributed by atoms with Crippen LogP contribution in [0.25, 0.3) is 11.3 Å². The molecule has 0 fully saturated rings. The van der Waals surface area contributed by atoms with Crippen molar-refractivity contribution in [1.82, 2.24) is 10.2 Å². The molecule has 1 aromatic heterocycles. The first-order valence-corrected chi connectivity index (χ1v) is 6.71. The van der Waals surface area contributed by atoms with Crippen LogP contribution in [-0.2, 0) is 0 Å². The molecule has 2 aromatic rings. The van der Waals surface area contributed by atoms with E-state index < -0.39 is 5.82 Å². The van der Waals surface area contributed by atoms with Gasteiger partial charge in [0.05, 0.1) is 10.7 Å². The van der Waals surface area contributed by atoms with Gasteiger partial charge in [-0.15, -0.1) is 0 Å². The lowest BCUT2D eigenvalue weighted by molar-refractivity contribution is 0.629. The Hall–Kier alpha value is -0.780. The molecule has 0 aliphatic heterocycles. The van der Waals surface area contributed by atoms with E-state index in [0.29, 0.717) is 20.4 Å². The van der Waals surface area contributed by atoms with E-state index in [2.05, 4.69) is 26.1 Å². The number of hydrogen-bond donors (Lipinski definition) is 1. The van der Waals surface area contributed by atoms with Crippen LogP contribution in [0.15, 0.2) is 16.6 Å². The van der Waals surface area contributed by atoms with Crippen molar-refractivity contribution in [3.63, 3.8) is 0 Å². The summed E-state index contributed by atoms with van der Waals surface area (Å²) in [7, 11) is 0. The second-order valence-corrected chi connectivity index (χ2v) is 5.51. The van der Waals surface area contributed by atoms with E-state index >= 15 is 0 Å². The lowest BCUT2D eigenvalue weighted by Gasteiger charge is -2.10. The molecule has 0 atom stereocenters. The average molecular weight is 348 g/mol. The van der Waals surface area contributed by atoms with Crippen molar-refractivity contribution >= 4 is 39.7 Å². The average Bonchev–Trinajstić information content (AvgIpc) is 2.35. The Kier molecular flexibility index (Phi) is 3.84. The van der Waals surface area contributed by atoms with Gasteiger partial charge in [-0.2, -0.15) is 5.10 Å². The highest BCUT2D eigenvalue weighted by atomic mass is 79.9. The first-order chi connectivity index (χ1) is 8.43. The molecule has 0 unspecified atom stereocenters. The Balaban J connectivity index is 2.75. The summed E-state index contributed by atoms with van der Waals surface area (Å²) in [6.45, 7) is 3.73. The maximum Gasteiger partial charge on any atom is 0.152 e. The molecule has 0 amide bonds. The number of benzene rings is 1. The topological polar surface area (TPSA) is 28.7 Å². The fourth-order valence-electron chi connectivity index (χ4n) is 1.59. The van der Waals surface area contributed by atoms with Crippen LogP contribution in [0.5, 0.6) is 0 Å². The number of nitrogens with zero attached hydrogens (tertiary/aromatic N) is 1. The van der Waals surface area contributed by atoms with E-state index in [1.54, 1.807) is 12.1 Å². The molecule has 2 rings (SSSR count). The molecule has 94 valence electrons. The highest BCUT2D eigenvalue weighted by Gasteiger charge is 2.16. The normalized spacial score (nSPS) is 10.7. The Morgan fingerprint density at radius 2 is 2.00 bits per heavy atom. The molecule has 1 N–H and O–H groups in total. The predicted octanol–water partition coefficient (Wildman–Crippen LogP) is 4.98. The van der Waals surface area contributed by atoms with Gasteiger partial charge in [-0.05, 0) is 53.0 Å². The molecule has 0 bridgehead atoms. The van der Waals surface area contributed by atoms with Gasteiger partial charge in [0.15, 0.2) is 5.82 Å². The molecule has 1 aromatic carbocycles. The van der Waals surface area contributed by atoms with Crippen molar-refractivity contribution in [3.05, 3.63) is 43.2 Å². The molecule has 6 heteroatoms. The van der Waals surface area contributed by atoms with Crippen molar-refractivity contribution in [1.29, 1.82) is 0 Å². The van der Waals surface area contributed by atoms with Crippen LogP contribution in [0.4, 0.5) is 4.39 Å². The van der Waals surface area contributed by atoms with Crippen LogP contribution >= 0.6 is 39.7 Å². The summed E-state index contributed by atoms with van der Waals surface area (Å²) >= 11 is 14.1. The number of rotatable bonds is 1. The summed E-state index contributed by atoms with van der Waals surface area (Å²) in [5, 5.41) is 6.86. The molecule has 0 spiro atoms. The van der Waals surface area contributed by atoms with Crippen molar-refractivity contribution in [2.75, 3.05) is 0 Å². The van der Waals surface area contributed by atoms with Crippen LogP contribution in [-0.4, -0.2) is 10.2 Å². The Labute approximate surface area is 122 Å². The third-order valence-electron chi connectivity index (χ3n) is 2.82. The zero-order valence-electron chi connectivity index (χ0n) is 9.64. The van der Waals surface area contributed by atoms with Crippen molar-refractivity contribution in [2.24, 2.45) is 0 Å². The minimum absolute atomic E-state index is 0.0498. The predicted molar refractivity (Wildman–Crippen MR) is 77.0 cm³/mol. The van der Waals surface area contributed by atoms with E-state index in [1.807, 2.05) is 13.8 Å². The summed E-state index contributed by atoms with van der Waals surface area (Å²) < 4.78 is 15.2. The molecule has 0 saturated heterocycles. The van der Waals surface area contributed by atoms with Gasteiger partial charge in [0.25, 0.3) is 0 Å². The third kappa shape index (κ3) is 2.22.